The molecule has 0 fully saturated rings. The monoisotopic (exact) mass is 440 g/mol. The molecule has 0 unspecified atom stereocenters. The first-order valence-electron chi connectivity index (χ1n) is 10.1. The first kappa shape index (κ1) is 24.4. The Hall–Kier alpha value is -3.88. The van der Waals surface area contributed by atoms with Crippen molar-refractivity contribution in [1.29, 1.82) is 0 Å². The number of amides is 3. The van der Waals surface area contributed by atoms with Crippen LogP contribution in [0.5, 0.6) is 11.5 Å². The maximum absolute atomic E-state index is 12.1. The molecule has 0 aliphatic carbocycles. The van der Waals surface area contributed by atoms with Crippen LogP contribution in [0, 0.1) is 12.8 Å². The van der Waals surface area contributed by atoms with Gasteiger partial charge in [-0.05, 0) is 54.3 Å². The maximum atomic E-state index is 12.1. The van der Waals surface area contributed by atoms with Gasteiger partial charge in [0.1, 0.15) is 0 Å². The van der Waals surface area contributed by atoms with Crippen LogP contribution in [0.4, 0.5) is 5.69 Å². The Morgan fingerprint density at radius 3 is 2.53 bits per heavy atom. The molecule has 2 aromatic carbocycles. The van der Waals surface area contributed by atoms with Crippen LogP contribution >= 0.6 is 0 Å². The van der Waals surface area contributed by atoms with Crippen molar-refractivity contribution in [3.63, 3.8) is 0 Å². The van der Waals surface area contributed by atoms with E-state index in [-0.39, 0.29) is 18.4 Å². The molecule has 0 radical (unpaired) electrons. The summed E-state index contributed by atoms with van der Waals surface area (Å²) < 4.78 is 10.9. The fourth-order valence-electron chi connectivity index (χ4n) is 2.54. The summed E-state index contributed by atoms with van der Waals surface area (Å²) >= 11 is 0. The third kappa shape index (κ3) is 8.10. The highest BCUT2D eigenvalue weighted by atomic mass is 16.5. The summed E-state index contributed by atoms with van der Waals surface area (Å²) in [5.41, 5.74) is 4.49. The van der Waals surface area contributed by atoms with E-state index in [1.165, 1.54) is 13.3 Å². The third-order valence-electron chi connectivity index (χ3n) is 4.11. The molecule has 170 valence electrons. The molecular weight excluding hydrogens is 412 g/mol. The third-order valence-corrected chi connectivity index (χ3v) is 4.11. The zero-order valence-electron chi connectivity index (χ0n) is 18.6. The largest absolute Gasteiger partial charge is 0.493 e. The Bertz CT molecular complexity index is 988. The predicted octanol–water partition coefficient (Wildman–Crippen LogP) is 2.24. The first-order chi connectivity index (χ1) is 15.3. The van der Waals surface area contributed by atoms with Gasteiger partial charge in [-0.15, -0.1) is 0 Å². The van der Waals surface area contributed by atoms with Crippen LogP contribution in [0.3, 0.4) is 0 Å². The fraction of sp³-hybridized carbons (Fsp3) is 0.304. The molecule has 2 aromatic rings. The lowest BCUT2D eigenvalue weighted by molar-refractivity contribution is -0.139. The summed E-state index contributed by atoms with van der Waals surface area (Å²) in [7, 11) is 1.47. The van der Waals surface area contributed by atoms with E-state index in [1.54, 1.807) is 24.3 Å². The van der Waals surface area contributed by atoms with Crippen molar-refractivity contribution in [2.75, 3.05) is 25.6 Å². The lowest BCUT2D eigenvalue weighted by atomic mass is 10.2. The number of hydrazone groups is 1. The van der Waals surface area contributed by atoms with E-state index in [4.69, 9.17) is 9.47 Å². The molecule has 0 heterocycles. The van der Waals surface area contributed by atoms with Gasteiger partial charge in [0, 0.05) is 12.2 Å². The van der Waals surface area contributed by atoms with Gasteiger partial charge >= 0.3 is 11.8 Å². The molecule has 0 aliphatic heterocycles. The number of anilines is 1. The van der Waals surface area contributed by atoms with E-state index in [2.05, 4.69) is 21.2 Å². The molecule has 3 N–H and O–H groups in total. The van der Waals surface area contributed by atoms with E-state index in [0.717, 1.165) is 5.56 Å². The number of carbonyl (C=O) groups is 3. The summed E-state index contributed by atoms with van der Waals surface area (Å²) in [5, 5.41) is 9.05. The highest BCUT2D eigenvalue weighted by molar-refractivity contribution is 6.35. The molecule has 2 rings (SSSR count). The molecule has 0 aromatic heterocycles. The van der Waals surface area contributed by atoms with Gasteiger partial charge in [-0.3, -0.25) is 14.4 Å². The molecule has 9 heteroatoms. The average molecular weight is 441 g/mol. The van der Waals surface area contributed by atoms with E-state index >= 15 is 0 Å². The number of hydrogen-bond donors (Lipinski definition) is 3. The molecule has 0 bridgehead atoms. The van der Waals surface area contributed by atoms with Crippen molar-refractivity contribution >= 4 is 29.6 Å². The number of ether oxygens (including phenoxy) is 2. The minimum absolute atomic E-state index is 0.195. The van der Waals surface area contributed by atoms with Crippen LogP contribution < -0.4 is 25.5 Å². The Balaban J connectivity index is 1.90. The summed E-state index contributed by atoms with van der Waals surface area (Å²) in [4.78, 5) is 35.5. The Morgan fingerprint density at radius 2 is 1.84 bits per heavy atom. The fourth-order valence-corrected chi connectivity index (χ4v) is 2.54. The first-order valence-corrected chi connectivity index (χ1v) is 10.1. The minimum atomic E-state index is -0.853. The van der Waals surface area contributed by atoms with Crippen LogP contribution in [-0.2, 0) is 14.4 Å². The second-order valence-corrected chi connectivity index (χ2v) is 7.42. The smallest absolute Gasteiger partial charge is 0.329 e. The molecule has 0 saturated carbocycles. The van der Waals surface area contributed by atoms with E-state index in [1.807, 2.05) is 39.0 Å². The summed E-state index contributed by atoms with van der Waals surface area (Å²) in [6.07, 6.45) is 1.37. The number of carbonyl (C=O) groups excluding carboxylic acids is 3. The molecule has 0 aliphatic rings. The van der Waals surface area contributed by atoms with Crippen LogP contribution in [0.15, 0.2) is 47.6 Å². The molecule has 3 amide bonds. The summed E-state index contributed by atoms with van der Waals surface area (Å²) in [6, 6.07) is 12.4. The van der Waals surface area contributed by atoms with Crippen molar-refractivity contribution < 1.29 is 23.9 Å². The van der Waals surface area contributed by atoms with Gasteiger partial charge in [-0.1, -0.05) is 26.0 Å². The molecular formula is C23H28N4O5. The number of benzene rings is 2. The lowest BCUT2D eigenvalue weighted by Gasteiger charge is -2.11. The summed E-state index contributed by atoms with van der Waals surface area (Å²) in [6.45, 7) is 5.99. The molecule has 0 saturated heterocycles. The summed E-state index contributed by atoms with van der Waals surface area (Å²) in [5.74, 6) is -0.909. The standard InChI is InChI=1S/C23H28N4O5/c1-15(2)12-24-22(29)23(30)27-25-13-17-8-9-19(20(11-17)31-4)32-14-21(28)26-18-7-5-6-16(3)10-18/h5-11,13,15H,12,14H2,1-4H3,(H,24,29)(H,26,28)(H,27,30)/b25-13-. The number of nitrogens with one attached hydrogen (secondary N) is 3. The second-order valence-electron chi connectivity index (χ2n) is 7.42. The van der Waals surface area contributed by atoms with Gasteiger partial charge in [0.25, 0.3) is 5.91 Å². The number of nitrogens with zero attached hydrogens (tertiary/aromatic N) is 1. The Kier molecular flexibility index (Phi) is 9.22. The number of methoxy groups -OCH3 is 1. The van der Waals surface area contributed by atoms with Gasteiger partial charge in [0.05, 0.1) is 13.3 Å². The van der Waals surface area contributed by atoms with E-state index in [0.29, 0.717) is 29.3 Å². The maximum Gasteiger partial charge on any atom is 0.329 e. The topological polar surface area (TPSA) is 118 Å². The van der Waals surface area contributed by atoms with Crippen molar-refractivity contribution in [2.24, 2.45) is 11.0 Å². The predicted molar refractivity (Wildman–Crippen MR) is 122 cm³/mol. The van der Waals surface area contributed by atoms with Gasteiger partial charge in [-0.2, -0.15) is 5.10 Å². The van der Waals surface area contributed by atoms with Crippen molar-refractivity contribution in [2.45, 2.75) is 20.8 Å². The number of aryl methyl sites for hydroxylation is 1. The average Bonchev–Trinajstić information content (AvgIpc) is 2.76. The number of hydrogen-bond acceptors (Lipinski definition) is 6. The van der Waals surface area contributed by atoms with Crippen LogP contribution in [0.2, 0.25) is 0 Å². The molecule has 0 atom stereocenters. The Labute approximate surface area is 187 Å². The van der Waals surface area contributed by atoms with Crippen molar-refractivity contribution in [3.8, 4) is 11.5 Å². The van der Waals surface area contributed by atoms with Gasteiger partial charge < -0.3 is 20.1 Å². The Morgan fingerprint density at radius 1 is 1.06 bits per heavy atom. The van der Waals surface area contributed by atoms with E-state index < -0.39 is 11.8 Å². The van der Waals surface area contributed by atoms with Crippen LogP contribution in [-0.4, -0.2) is 44.2 Å². The highest BCUT2D eigenvalue weighted by Gasteiger charge is 2.12. The van der Waals surface area contributed by atoms with Gasteiger partial charge in [0.15, 0.2) is 18.1 Å². The zero-order valence-corrected chi connectivity index (χ0v) is 18.6. The second kappa shape index (κ2) is 12.1. The SMILES string of the molecule is COc1cc(/C=N\NC(=O)C(=O)NCC(C)C)ccc1OCC(=O)Nc1cccc(C)c1. The van der Waals surface area contributed by atoms with Gasteiger partial charge in [0.2, 0.25) is 0 Å². The molecule has 32 heavy (non-hydrogen) atoms. The van der Waals surface area contributed by atoms with Gasteiger partial charge in [-0.25, -0.2) is 5.43 Å². The normalized spacial score (nSPS) is 10.7. The lowest BCUT2D eigenvalue weighted by Crippen LogP contribution is -2.39. The molecule has 9 nitrogen and oxygen atoms in total. The molecule has 0 spiro atoms. The quantitative estimate of drug-likeness (QED) is 0.314. The zero-order chi connectivity index (χ0) is 23.5. The van der Waals surface area contributed by atoms with Crippen molar-refractivity contribution in [3.05, 3.63) is 53.6 Å². The van der Waals surface area contributed by atoms with Crippen molar-refractivity contribution in [1.82, 2.24) is 10.7 Å². The van der Waals surface area contributed by atoms with Crippen LogP contribution in [0.1, 0.15) is 25.0 Å². The van der Waals surface area contributed by atoms with E-state index in [9.17, 15) is 14.4 Å². The van der Waals surface area contributed by atoms with Crippen LogP contribution in [0.25, 0.3) is 0 Å². The minimum Gasteiger partial charge on any atom is -0.493 e. The highest BCUT2D eigenvalue weighted by Crippen LogP contribution is 2.27. The number of rotatable bonds is 9.